The fourth-order valence-corrected chi connectivity index (χ4v) is 6.81. The second-order valence-electron chi connectivity index (χ2n) is 12.0. The van der Waals surface area contributed by atoms with E-state index in [2.05, 4.69) is 186 Å². The summed E-state index contributed by atoms with van der Waals surface area (Å²) >= 11 is 0. The third-order valence-electron chi connectivity index (χ3n) is 8.87. The third-order valence-corrected chi connectivity index (χ3v) is 8.87. The maximum absolute atomic E-state index is 5.29. The quantitative estimate of drug-likeness (QED) is 0.192. The average Bonchev–Trinajstić information content (AvgIpc) is 3.95. The Bertz CT molecular complexity index is 2540. The molecule has 8 bridgehead atoms. The van der Waals surface area contributed by atoms with Crippen LogP contribution in [0.4, 0.5) is 0 Å². The summed E-state index contributed by atoms with van der Waals surface area (Å²) < 4.78 is 2.41. The predicted octanol–water partition coefficient (Wildman–Crippen LogP) is 11.0. The van der Waals surface area contributed by atoms with Crippen molar-refractivity contribution in [2.45, 2.75) is 0 Å². The third kappa shape index (κ3) is 5.89. The average molecular weight is 657 g/mol. The predicted molar refractivity (Wildman–Crippen MR) is 208 cm³/mol. The fraction of sp³-hybridized carbons (Fsp3) is 0. The first-order chi connectivity index (χ1) is 23.8. The van der Waals surface area contributed by atoms with Crippen molar-refractivity contribution in [3.8, 4) is 39.1 Å². The maximum atomic E-state index is 5.29. The smallest absolute Gasteiger partial charge is 1.00 e. The number of benzene rings is 4. The largest absolute Gasteiger partial charge is 2.00 e. The molecule has 0 saturated carbocycles. The van der Waals surface area contributed by atoms with E-state index >= 15 is 0 Å². The van der Waals surface area contributed by atoms with Gasteiger partial charge in [-0.1, -0.05) is 109 Å². The maximum Gasteiger partial charge on any atom is 2.00 e. The molecule has 0 fully saturated rings. The molecule has 5 heteroatoms. The van der Waals surface area contributed by atoms with Crippen LogP contribution in [-0.2, 0) is 0 Å². The molecule has 230 valence electrons. The number of aromatic amines is 1. The molecule has 5 heterocycles. The topological polar surface area (TPSA) is 46.5 Å². The monoisotopic (exact) mass is 656 g/mol. The Labute approximate surface area is 317 Å². The number of hydrogen-bond donors (Lipinski definition) is 1. The number of nitrogens with zero attached hydrogens (tertiary/aromatic N) is 3. The van der Waals surface area contributed by atoms with Crippen molar-refractivity contribution in [3.63, 3.8) is 0 Å². The van der Waals surface area contributed by atoms with Gasteiger partial charge in [0.1, 0.15) is 0 Å². The van der Waals surface area contributed by atoms with Crippen LogP contribution in [0.5, 0.6) is 0 Å². The summed E-state index contributed by atoms with van der Waals surface area (Å²) in [4.78, 5) is 13.9. The first-order valence-corrected chi connectivity index (χ1v) is 16.2. The molecule has 0 aliphatic carbocycles. The molecule has 2 aliphatic heterocycles. The molecule has 0 saturated heterocycles. The van der Waals surface area contributed by atoms with Crippen LogP contribution in [0.15, 0.2) is 152 Å². The Morgan fingerprint density at radius 2 is 0.918 bits per heavy atom. The van der Waals surface area contributed by atoms with E-state index in [9.17, 15) is 0 Å². The number of nitrogens with one attached hydrogen (secondary N) is 1. The molecule has 2 aliphatic rings. The van der Waals surface area contributed by atoms with Gasteiger partial charge < -0.3 is 12.4 Å². The first-order valence-electron chi connectivity index (χ1n) is 16.2. The van der Waals surface area contributed by atoms with Crippen LogP contribution in [0, 0.1) is 0 Å². The van der Waals surface area contributed by atoms with E-state index in [1.165, 1.54) is 0 Å². The van der Waals surface area contributed by atoms with E-state index in [1.807, 2.05) is 0 Å². The number of fused-ring (bicyclic) bond motifs is 8. The molecule has 3 aromatic heterocycles. The summed E-state index contributed by atoms with van der Waals surface area (Å²) in [5.74, 6) is 0. The van der Waals surface area contributed by atoms with Crippen molar-refractivity contribution < 1.29 is 2.85 Å². The van der Waals surface area contributed by atoms with E-state index in [0.29, 0.717) is 0 Å². The molecule has 49 heavy (non-hydrogen) atoms. The Morgan fingerprint density at radius 1 is 0.449 bits per heavy atom. The van der Waals surface area contributed by atoms with Crippen molar-refractivity contribution in [3.05, 3.63) is 174 Å². The summed E-state index contributed by atoms with van der Waals surface area (Å²) in [6, 6.07) is 53.3. The van der Waals surface area contributed by atoms with Gasteiger partial charge in [0.2, 0.25) is 0 Å². The van der Waals surface area contributed by atoms with Crippen molar-refractivity contribution in [1.82, 2.24) is 19.5 Å². The van der Waals surface area contributed by atoms with E-state index in [0.717, 1.165) is 83.9 Å². The van der Waals surface area contributed by atoms with Gasteiger partial charge in [-0.25, -0.2) is 9.97 Å². The Kier molecular flexibility index (Phi) is 8.44. The molecule has 0 spiro atoms. The van der Waals surface area contributed by atoms with Crippen molar-refractivity contribution in [1.29, 1.82) is 0 Å². The van der Waals surface area contributed by atoms with Crippen LogP contribution >= 0.6 is 0 Å². The number of H-pyrrole nitrogens is 1. The number of para-hydroxylation sites is 1. The molecule has 9 rings (SSSR count). The normalized spacial score (nSPS) is 11.8. The molecule has 7 aromatic rings. The molecular weight excluding hydrogens is 625 g/mol. The zero-order chi connectivity index (χ0) is 31.9. The Morgan fingerprint density at radius 3 is 1.51 bits per heavy atom. The zero-order valence-corrected chi connectivity index (χ0v) is 29.0. The van der Waals surface area contributed by atoms with Crippen molar-refractivity contribution in [2.75, 3.05) is 0 Å². The molecular formula is C44H32CaN4. The van der Waals surface area contributed by atoms with Gasteiger partial charge in [-0.15, -0.1) is 0 Å². The van der Waals surface area contributed by atoms with E-state index in [4.69, 9.17) is 9.97 Å². The summed E-state index contributed by atoms with van der Waals surface area (Å²) in [5, 5.41) is 0. The van der Waals surface area contributed by atoms with E-state index < -0.39 is 0 Å². The molecule has 1 N–H and O–H groups in total. The first kappa shape index (κ1) is 31.0. The fourth-order valence-electron chi connectivity index (χ4n) is 6.81. The molecule has 4 nitrogen and oxygen atoms in total. The second-order valence-corrected chi connectivity index (χ2v) is 12.0. The molecule has 4 aromatic carbocycles. The SMILES string of the molecule is C1=Cc2cc3c(-c4ccccc4)c(-c4ccccc4)c(c(-c4ccccc4)c4nc(cc5ccc(cc1n2)[nH]5)C=C4)n3-c1ccccc1.[Ca+2].[H-].[H-]. The van der Waals surface area contributed by atoms with Crippen LogP contribution in [0.1, 0.15) is 25.6 Å². The van der Waals surface area contributed by atoms with Gasteiger partial charge in [-0.05, 0) is 83.5 Å². The second kappa shape index (κ2) is 13.3. The molecule has 0 atom stereocenters. The van der Waals surface area contributed by atoms with Gasteiger partial charge in [0.05, 0.1) is 33.8 Å². The minimum atomic E-state index is 0. The van der Waals surface area contributed by atoms with Gasteiger partial charge in [0.25, 0.3) is 0 Å². The summed E-state index contributed by atoms with van der Waals surface area (Å²) in [6.07, 6.45) is 8.44. The number of hydrogen-bond acceptors (Lipinski definition) is 2. The van der Waals surface area contributed by atoms with E-state index in [-0.39, 0.29) is 40.6 Å². The van der Waals surface area contributed by atoms with Crippen molar-refractivity contribution >= 4 is 84.1 Å². The van der Waals surface area contributed by atoms with Crippen LogP contribution in [0.3, 0.4) is 0 Å². The van der Waals surface area contributed by atoms with Crippen molar-refractivity contribution in [2.24, 2.45) is 0 Å². The standard InChI is InChI=1S/C44H30N4.Ca.2H/c1-5-13-30(14-6-1)41-39-26-25-36(47-39)28-35-22-21-33(45-35)27-34-23-24-37(46-34)29-40-42(31-15-7-2-8-16-31)43(32-17-9-3-10-18-32)44(41)48(40)38-19-11-4-12-20-38;;;/h1-29,45H;;;/q;+2;2*-1. The van der Waals surface area contributed by atoms with Crippen LogP contribution in [0.2, 0.25) is 0 Å². The van der Waals surface area contributed by atoms with Crippen LogP contribution < -0.4 is 0 Å². The van der Waals surface area contributed by atoms with Crippen LogP contribution in [0.25, 0.3) is 85.4 Å². The van der Waals surface area contributed by atoms with Gasteiger partial charge in [-0.3, -0.25) is 0 Å². The molecule has 0 radical (unpaired) electrons. The molecule has 0 amide bonds. The Balaban J connectivity index is 0.00000149. The summed E-state index contributed by atoms with van der Waals surface area (Å²) in [6.45, 7) is 0. The van der Waals surface area contributed by atoms with Gasteiger partial charge in [0.15, 0.2) is 0 Å². The van der Waals surface area contributed by atoms with Gasteiger partial charge in [-0.2, -0.15) is 0 Å². The molecule has 0 unspecified atom stereocenters. The summed E-state index contributed by atoms with van der Waals surface area (Å²) in [7, 11) is 0. The number of rotatable bonds is 4. The Hall–Kier alpha value is -5.26. The van der Waals surface area contributed by atoms with Gasteiger partial charge in [0, 0.05) is 33.4 Å². The minimum Gasteiger partial charge on any atom is -1.00 e. The van der Waals surface area contributed by atoms with Gasteiger partial charge >= 0.3 is 37.7 Å². The summed E-state index contributed by atoms with van der Waals surface area (Å²) in [5.41, 5.74) is 15.4. The zero-order valence-electron chi connectivity index (χ0n) is 28.8. The number of aromatic nitrogens is 4. The minimum absolute atomic E-state index is 0. The van der Waals surface area contributed by atoms with Crippen LogP contribution in [-0.4, -0.2) is 57.3 Å². The van der Waals surface area contributed by atoms with E-state index in [1.54, 1.807) is 0 Å².